The number of nitrogens with zero attached hydrogens (tertiary/aromatic N) is 1. The smallest absolute Gasteiger partial charge is 0.326 e. The second kappa shape index (κ2) is 13.0. The van der Waals surface area contributed by atoms with Gasteiger partial charge in [-0.05, 0) is 48.4 Å². The van der Waals surface area contributed by atoms with E-state index in [1.54, 1.807) is 26.0 Å². The molecule has 0 radical (unpaired) electrons. The number of carbonyl (C=O) groups excluding carboxylic acids is 3. The summed E-state index contributed by atoms with van der Waals surface area (Å²) in [6.07, 6.45) is 1.27. The SMILES string of the molecule is CC(C)C(NC(=O)C(N)Cc1ccccc1)C(=O)NC(Cc1ccc(O)cc1)C(=O)N1CCCC1C(=O)O. The van der Waals surface area contributed by atoms with Crippen molar-refractivity contribution in [3.63, 3.8) is 0 Å². The summed E-state index contributed by atoms with van der Waals surface area (Å²) in [5.74, 6) is -2.92. The average Bonchev–Trinajstić information content (AvgIpc) is 3.38. The van der Waals surface area contributed by atoms with Crippen molar-refractivity contribution < 1.29 is 29.4 Å². The highest BCUT2D eigenvalue weighted by Gasteiger charge is 2.38. The molecular formula is C28H36N4O6. The Kier molecular flexibility index (Phi) is 9.84. The van der Waals surface area contributed by atoms with Gasteiger partial charge in [0.05, 0.1) is 6.04 Å². The van der Waals surface area contributed by atoms with Crippen molar-refractivity contribution in [1.82, 2.24) is 15.5 Å². The molecule has 2 aromatic rings. The van der Waals surface area contributed by atoms with E-state index in [-0.39, 0.29) is 24.6 Å². The van der Waals surface area contributed by atoms with E-state index in [2.05, 4.69) is 10.6 Å². The third kappa shape index (κ3) is 7.55. The van der Waals surface area contributed by atoms with Crippen LogP contribution in [0.1, 0.15) is 37.8 Å². The quantitative estimate of drug-likeness (QED) is 0.295. The number of aliphatic carboxylic acids is 1. The number of hydrogen-bond donors (Lipinski definition) is 5. The number of nitrogens with one attached hydrogen (secondary N) is 2. The Bertz CT molecular complexity index is 1120. The van der Waals surface area contributed by atoms with Gasteiger partial charge in [0.1, 0.15) is 23.9 Å². The molecule has 204 valence electrons. The molecule has 10 heteroatoms. The van der Waals surface area contributed by atoms with E-state index in [1.165, 1.54) is 17.0 Å². The standard InChI is InChI=1S/C28H36N4O6/c1-17(2)24(31-25(34)21(29)15-18-7-4-3-5-8-18)26(35)30-22(16-19-10-12-20(33)13-11-19)27(36)32-14-6-9-23(32)28(37)38/h3-5,7-8,10-13,17,21-24,33H,6,9,14-16,29H2,1-2H3,(H,30,35)(H,31,34)(H,37,38). The van der Waals surface area contributed by atoms with Crippen LogP contribution in [0, 0.1) is 5.92 Å². The minimum atomic E-state index is -1.09. The van der Waals surface area contributed by atoms with Gasteiger partial charge in [-0.15, -0.1) is 0 Å². The Morgan fingerprint density at radius 3 is 2.18 bits per heavy atom. The van der Waals surface area contributed by atoms with Crippen molar-refractivity contribution >= 4 is 23.7 Å². The molecule has 6 N–H and O–H groups in total. The first-order valence-corrected chi connectivity index (χ1v) is 12.8. The van der Waals surface area contributed by atoms with Crippen molar-refractivity contribution in [3.8, 4) is 5.75 Å². The summed E-state index contributed by atoms with van der Waals surface area (Å²) in [6, 6.07) is 11.6. The predicted octanol–water partition coefficient (Wildman–Crippen LogP) is 1.21. The molecular weight excluding hydrogens is 488 g/mol. The van der Waals surface area contributed by atoms with Gasteiger partial charge < -0.3 is 31.5 Å². The summed E-state index contributed by atoms with van der Waals surface area (Å²) < 4.78 is 0. The molecule has 1 aliphatic heterocycles. The number of carbonyl (C=O) groups is 4. The van der Waals surface area contributed by atoms with Crippen molar-refractivity contribution in [2.24, 2.45) is 11.7 Å². The van der Waals surface area contributed by atoms with Gasteiger partial charge in [0.2, 0.25) is 17.7 Å². The second-order valence-corrected chi connectivity index (χ2v) is 9.99. The van der Waals surface area contributed by atoms with Gasteiger partial charge in [-0.3, -0.25) is 14.4 Å². The van der Waals surface area contributed by atoms with E-state index in [9.17, 15) is 29.4 Å². The molecule has 1 saturated heterocycles. The van der Waals surface area contributed by atoms with Crippen LogP contribution in [-0.2, 0) is 32.0 Å². The Labute approximate surface area is 222 Å². The second-order valence-electron chi connectivity index (χ2n) is 9.99. The monoisotopic (exact) mass is 524 g/mol. The number of phenols is 1. The number of benzene rings is 2. The van der Waals surface area contributed by atoms with E-state index in [1.807, 2.05) is 30.3 Å². The third-order valence-corrected chi connectivity index (χ3v) is 6.69. The minimum absolute atomic E-state index is 0.0561. The number of amides is 3. The fourth-order valence-corrected chi connectivity index (χ4v) is 4.57. The molecule has 10 nitrogen and oxygen atoms in total. The zero-order valence-electron chi connectivity index (χ0n) is 21.7. The average molecular weight is 525 g/mol. The van der Waals surface area contributed by atoms with Crippen LogP contribution in [0.25, 0.3) is 0 Å². The van der Waals surface area contributed by atoms with E-state index in [4.69, 9.17) is 5.73 Å². The Morgan fingerprint density at radius 1 is 0.947 bits per heavy atom. The molecule has 1 aliphatic rings. The Balaban J connectivity index is 1.76. The van der Waals surface area contributed by atoms with Crippen LogP contribution in [0.4, 0.5) is 0 Å². The maximum absolute atomic E-state index is 13.5. The van der Waals surface area contributed by atoms with Gasteiger partial charge in [-0.25, -0.2) is 4.79 Å². The highest BCUT2D eigenvalue weighted by molar-refractivity contribution is 5.94. The van der Waals surface area contributed by atoms with E-state index in [0.717, 1.165) is 5.56 Å². The molecule has 4 unspecified atom stereocenters. The molecule has 2 aromatic carbocycles. The number of carboxylic acid groups (broad SMARTS) is 1. The van der Waals surface area contributed by atoms with Crippen molar-refractivity contribution in [2.75, 3.05) is 6.54 Å². The Morgan fingerprint density at radius 2 is 1.58 bits per heavy atom. The van der Waals surface area contributed by atoms with Gasteiger partial charge >= 0.3 is 5.97 Å². The van der Waals surface area contributed by atoms with Gasteiger partial charge in [0.25, 0.3) is 0 Å². The summed E-state index contributed by atoms with van der Waals surface area (Å²) in [5.41, 5.74) is 7.66. The summed E-state index contributed by atoms with van der Waals surface area (Å²) in [5, 5.41) is 24.6. The van der Waals surface area contributed by atoms with Crippen LogP contribution in [0.3, 0.4) is 0 Å². The van der Waals surface area contributed by atoms with Gasteiger partial charge in [-0.1, -0.05) is 56.3 Å². The normalized spacial score (nSPS) is 17.5. The van der Waals surface area contributed by atoms with Crippen molar-refractivity contribution in [3.05, 3.63) is 65.7 Å². The third-order valence-electron chi connectivity index (χ3n) is 6.69. The lowest BCUT2D eigenvalue weighted by Crippen LogP contribution is -2.59. The van der Waals surface area contributed by atoms with E-state index < -0.39 is 47.9 Å². The van der Waals surface area contributed by atoms with E-state index >= 15 is 0 Å². The highest BCUT2D eigenvalue weighted by Crippen LogP contribution is 2.20. The highest BCUT2D eigenvalue weighted by atomic mass is 16.4. The molecule has 1 fully saturated rings. The lowest BCUT2D eigenvalue weighted by Gasteiger charge is -2.30. The number of aromatic hydroxyl groups is 1. The maximum Gasteiger partial charge on any atom is 0.326 e. The molecule has 38 heavy (non-hydrogen) atoms. The first kappa shape index (κ1) is 28.6. The lowest BCUT2D eigenvalue weighted by atomic mass is 9.99. The summed E-state index contributed by atoms with van der Waals surface area (Å²) in [6.45, 7) is 3.81. The Hall–Kier alpha value is -3.92. The van der Waals surface area contributed by atoms with Gasteiger partial charge in [-0.2, -0.15) is 0 Å². The van der Waals surface area contributed by atoms with Crippen LogP contribution >= 0.6 is 0 Å². The molecule has 0 bridgehead atoms. The van der Waals surface area contributed by atoms with Crippen molar-refractivity contribution in [2.45, 2.75) is 63.7 Å². The van der Waals surface area contributed by atoms with E-state index in [0.29, 0.717) is 24.8 Å². The first-order valence-electron chi connectivity index (χ1n) is 12.8. The number of carboxylic acids is 1. The molecule has 0 saturated carbocycles. The first-order chi connectivity index (χ1) is 18.1. The molecule has 0 spiro atoms. The lowest BCUT2D eigenvalue weighted by molar-refractivity contribution is -0.149. The largest absolute Gasteiger partial charge is 0.508 e. The topological polar surface area (TPSA) is 162 Å². The van der Waals surface area contributed by atoms with Crippen LogP contribution in [0.15, 0.2) is 54.6 Å². The summed E-state index contributed by atoms with van der Waals surface area (Å²) in [4.78, 5) is 52.7. The molecule has 1 heterocycles. The van der Waals surface area contributed by atoms with Gasteiger partial charge in [0, 0.05) is 13.0 Å². The van der Waals surface area contributed by atoms with Crippen LogP contribution in [0.2, 0.25) is 0 Å². The zero-order valence-corrected chi connectivity index (χ0v) is 21.7. The molecule has 0 aliphatic carbocycles. The summed E-state index contributed by atoms with van der Waals surface area (Å²) >= 11 is 0. The number of likely N-dealkylation sites (tertiary alicyclic amines) is 1. The van der Waals surface area contributed by atoms with Gasteiger partial charge in [0.15, 0.2) is 0 Å². The fraction of sp³-hybridized carbons (Fsp3) is 0.429. The number of hydrogen-bond acceptors (Lipinski definition) is 6. The number of nitrogens with two attached hydrogens (primary N) is 1. The predicted molar refractivity (Wildman–Crippen MR) is 141 cm³/mol. The van der Waals surface area contributed by atoms with Crippen LogP contribution in [-0.4, -0.2) is 69.5 Å². The minimum Gasteiger partial charge on any atom is -0.508 e. The maximum atomic E-state index is 13.5. The number of rotatable bonds is 11. The fourth-order valence-electron chi connectivity index (χ4n) is 4.57. The van der Waals surface area contributed by atoms with Crippen molar-refractivity contribution in [1.29, 1.82) is 0 Å². The van der Waals surface area contributed by atoms with Crippen LogP contribution < -0.4 is 16.4 Å². The molecule has 3 amide bonds. The molecule has 4 atom stereocenters. The molecule has 3 rings (SSSR count). The summed E-state index contributed by atoms with van der Waals surface area (Å²) in [7, 11) is 0. The zero-order chi connectivity index (χ0) is 27.8. The molecule has 0 aromatic heterocycles. The van der Waals surface area contributed by atoms with Crippen LogP contribution in [0.5, 0.6) is 5.75 Å². The number of phenolic OH excluding ortho intramolecular Hbond substituents is 1.